The zero-order valence-electron chi connectivity index (χ0n) is 10.5. The molecule has 1 saturated carbocycles. The molecule has 1 atom stereocenters. The Hall–Kier alpha value is -1.32. The Morgan fingerprint density at radius 1 is 1.47 bits per heavy atom. The van der Waals surface area contributed by atoms with Gasteiger partial charge in [0.25, 0.3) is 0 Å². The Kier molecular flexibility index (Phi) is 5.19. The van der Waals surface area contributed by atoms with Crippen molar-refractivity contribution < 1.29 is 14.7 Å². The van der Waals surface area contributed by atoms with Gasteiger partial charge in [-0.05, 0) is 39.0 Å². The lowest BCUT2D eigenvalue weighted by molar-refractivity contribution is -0.131. The van der Waals surface area contributed by atoms with Gasteiger partial charge in [0.2, 0.25) is 5.91 Å². The largest absolute Gasteiger partial charge is 0.478 e. The van der Waals surface area contributed by atoms with E-state index >= 15 is 0 Å². The monoisotopic (exact) mass is 239 g/mol. The molecule has 0 radical (unpaired) electrons. The number of rotatable bonds is 4. The van der Waals surface area contributed by atoms with Gasteiger partial charge in [0, 0.05) is 18.0 Å². The Labute approximate surface area is 102 Å². The summed E-state index contributed by atoms with van der Waals surface area (Å²) in [6.45, 7) is 4.04. The lowest BCUT2D eigenvalue weighted by Gasteiger charge is -2.24. The molecule has 96 valence electrons. The number of carbonyl (C=O) groups is 2. The summed E-state index contributed by atoms with van der Waals surface area (Å²) in [4.78, 5) is 22.4. The maximum Gasteiger partial charge on any atom is 0.328 e. The van der Waals surface area contributed by atoms with Gasteiger partial charge in [-0.2, -0.15) is 0 Å². The van der Waals surface area contributed by atoms with Crippen LogP contribution in [0.25, 0.3) is 0 Å². The summed E-state index contributed by atoms with van der Waals surface area (Å²) >= 11 is 0. The van der Waals surface area contributed by atoms with Crippen molar-refractivity contribution in [3.8, 4) is 0 Å². The van der Waals surface area contributed by atoms with Crippen molar-refractivity contribution in [3.05, 3.63) is 11.6 Å². The van der Waals surface area contributed by atoms with Crippen molar-refractivity contribution in [2.24, 2.45) is 5.92 Å². The molecule has 0 saturated heterocycles. The number of carboxylic acid groups (broad SMARTS) is 1. The van der Waals surface area contributed by atoms with Crippen molar-refractivity contribution in [2.45, 2.75) is 52.0 Å². The summed E-state index contributed by atoms with van der Waals surface area (Å²) in [5.74, 6) is -0.717. The number of carbonyl (C=O) groups excluding carboxylic acids is 1. The van der Waals surface area contributed by atoms with Crippen molar-refractivity contribution in [3.63, 3.8) is 0 Å². The van der Waals surface area contributed by atoms with Gasteiger partial charge in [-0.15, -0.1) is 0 Å². The second-order valence-corrected chi connectivity index (χ2v) is 4.73. The highest BCUT2D eigenvalue weighted by Crippen LogP contribution is 2.28. The number of hydrogen-bond acceptors (Lipinski definition) is 2. The molecule has 0 aromatic carbocycles. The van der Waals surface area contributed by atoms with Crippen LogP contribution in [-0.2, 0) is 9.59 Å². The highest BCUT2D eigenvalue weighted by molar-refractivity contribution is 5.81. The lowest BCUT2D eigenvalue weighted by Crippen LogP contribution is -2.37. The fourth-order valence-electron chi connectivity index (χ4n) is 2.03. The molecule has 1 aliphatic carbocycles. The average Bonchev–Trinajstić information content (AvgIpc) is 2.28. The third-order valence-corrected chi connectivity index (χ3v) is 3.33. The van der Waals surface area contributed by atoms with Crippen LogP contribution in [0.5, 0.6) is 0 Å². The molecule has 1 amide bonds. The van der Waals surface area contributed by atoms with E-state index in [4.69, 9.17) is 5.11 Å². The van der Waals surface area contributed by atoms with Crippen LogP contribution in [0.15, 0.2) is 11.6 Å². The summed E-state index contributed by atoms with van der Waals surface area (Å²) < 4.78 is 0. The van der Waals surface area contributed by atoms with Crippen LogP contribution in [-0.4, -0.2) is 23.0 Å². The van der Waals surface area contributed by atoms with Gasteiger partial charge >= 0.3 is 5.97 Å². The molecular formula is C13H21NO3. The molecule has 0 bridgehead atoms. The van der Waals surface area contributed by atoms with E-state index in [0.717, 1.165) is 37.7 Å². The number of aliphatic carboxylic acids is 1. The topological polar surface area (TPSA) is 66.4 Å². The van der Waals surface area contributed by atoms with Crippen LogP contribution in [0.2, 0.25) is 0 Å². The number of carboxylic acids is 1. The first-order chi connectivity index (χ1) is 8.02. The molecule has 17 heavy (non-hydrogen) atoms. The van der Waals surface area contributed by atoms with Gasteiger partial charge in [0.1, 0.15) is 0 Å². The fraction of sp³-hybridized carbons (Fsp3) is 0.692. The molecule has 1 unspecified atom stereocenters. The number of hydrogen-bond donors (Lipinski definition) is 2. The molecule has 0 aliphatic heterocycles. The molecule has 0 aromatic heterocycles. The fourth-order valence-corrected chi connectivity index (χ4v) is 2.03. The zero-order chi connectivity index (χ0) is 12.8. The minimum Gasteiger partial charge on any atom is -0.478 e. The van der Waals surface area contributed by atoms with Gasteiger partial charge in [0.15, 0.2) is 0 Å². The minimum absolute atomic E-state index is 0.0509. The molecule has 0 aromatic rings. The van der Waals surface area contributed by atoms with E-state index in [1.807, 2.05) is 13.8 Å². The van der Waals surface area contributed by atoms with Crippen LogP contribution in [0.3, 0.4) is 0 Å². The molecule has 1 fully saturated rings. The van der Waals surface area contributed by atoms with Crippen molar-refractivity contribution in [1.29, 1.82) is 0 Å². The van der Waals surface area contributed by atoms with E-state index in [2.05, 4.69) is 5.32 Å². The second-order valence-electron chi connectivity index (χ2n) is 4.73. The molecule has 2 N–H and O–H groups in total. The summed E-state index contributed by atoms with van der Waals surface area (Å²) in [7, 11) is 0. The highest BCUT2D eigenvalue weighted by Gasteiger charge is 2.24. The third-order valence-electron chi connectivity index (χ3n) is 3.33. The first kappa shape index (κ1) is 13.7. The Morgan fingerprint density at radius 3 is 2.53 bits per heavy atom. The van der Waals surface area contributed by atoms with Crippen LogP contribution < -0.4 is 5.32 Å². The molecule has 0 heterocycles. The van der Waals surface area contributed by atoms with Crippen LogP contribution in [0.4, 0.5) is 0 Å². The maximum absolute atomic E-state index is 11.8. The van der Waals surface area contributed by atoms with Crippen molar-refractivity contribution in [1.82, 2.24) is 5.32 Å². The Balaban J connectivity index is 2.41. The van der Waals surface area contributed by atoms with E-state index in [1.54, 1.807) is 0 Å². The smallest absolute Gasteiger partial charge is 0.328 e. The molecule has 1 aliphatic rings. The number of nitrogens with one attached hydrogen (secondary N) is 1. The highest BCUT2D eigenvalue weighted by atomic mass is 16.4. The minimum atomic E-state index is -0.887. The molecule has 4 nitrogen and oxygen atoms in total. The van der Waals surface area contributed by atoms with E-state index in [9.17, 15) is 9.59 Å². The number of amides is 1. The lowest BCUT2D eigenvalue weighted by atomic mass is 9.85. The molecule has 4 heteroatoms. The van der Waals surface area contributed by atoms with Crippen LogP contribution in [0, 0.1) is 5.92 Å². The predicted molar refractivity (Wildman–Crippen MR) is 65.6 cm³/mol. The normalized spacial score (nSPS) is 21.8. The second kappa shape index (κ2) is 6.42. The summed E-state index contributed by atoms with van der Waals surface area (Å²) in [5, 5.41) is 11.6. The van der Waals surface area contributed by atoms with Crippen molar-refractivity contribution >= 4 is 11.9 Å². The summed E-state index contributed by atoms with van der Waals surface area (Å²) in [5.41, 5.74) is 0.949. The maximum atomic E-state index is 11.8. The summed E-state index contributed by atoms with van der Waals surface area (Å²) in [6.07, 6.45) is 5.20. The third kappa shape index (κ3) is 4.59. The van der Waals surface area contributed by atoms with E-state index < -0.39 is 5.97 Å². The van der Waals surface area contributed by atoms with E-state index in [0.29, 0.717) is 0 Å². The standard InChI is InChI=1S/C13H21NO3/c1-3-9(2)14-13(17)11-6-4-10(5-7-11)8-12(15)16/h8-9,11H,3-7H2,1-2H3,(H,14,17)(H,15,16). The summed E-state index contributed by atoms with van der Waals surface area (Å²) in [6, 6.07) is 0.221. The molecule has 1 rings (SSSR count). The van der Waals surface area contributed by atoms with Gasteiger partial charge in [-0.3, -0.25) is 4.79 Å². The van der Waals surface area contributed by atoms with Crippen molar-refractivity contribution in [2.75, 3.05) is 0 Å². The quantitative estimate of drug-likeness (QED) is 0.738. The van der Waals surface area contributed by atoms with Gasteiger partial charge in [-0.1, -0.05) is 12.5 Å². The Morgan fingerprint density at radius 2 is 2.06 bits per heavy atom. The SMILES string of the molecule is CCC(C)NC(=O)C1CCC(=CC(=O)O)CC1. The van der Waals surface area contributed by atoms with E-state index in [-0.39, 0.29) is 17.9 Å². The van der Waals surface area contributed by atoms with Gasteiger partial charge < -0.3 is 10.4 Å². The van der Waals surface area contributed by atoms with Crippen LogP contribution >= 0.6 is 0 Å². The van der Waals surface area contributed by atoms with E-state index in [1.165, 1.54) is 6.08 Å². The molecule has 0 spiro atoms. The van der Waals surface area contributed by atoms with Gasteiger partial charge in [-0.25, -0.2) is 4.79 Å². The number of allylic oxidation sites excluding steroid dienone is 1. The Bertz CT molecular complexity index is 313. The zero-order valence-corrected chi connectivity index (χ0v) is 10.5. The average molecular weight is 239 g/mol. The molecular weight excluding hydrogens is 218 g/mol. The van der Waals surface area contributed by atoms with Crippen LogP contribution in [0.1, 0.15) is 46.0 Å². The first-order valence-electron chi connectivity index (χ1n) is 6.25. The first-order valence-corrected chi connectivity index (χ1v) is 6.25. The van der Waals surface area contributed by atoms with Gasteiger partial charge in [0.05, 0.1) is 0 Å². The predicted octanol–water partition coefficient (Wildman–Crippen LogP) is 2.10.